The third-order valence-electron chi connectivity index (χ3n) is 0.921. The van der Waals surface area contributed by atoms with E-state index in [2.05, 4.69) is 14.8 Å². The molecule has 0 radical (unpaired) electrons. The molecule has 0 saturated carbocycles. The molecule has 0 aliphatic carbocycles. The Balaban J connectivity index is 2.85. The average Bonchev–Trinajstić information content (AvgIpc) is 1.90. The number of hydrogen-bond acceptors (Lipinski definition) is 0. The molecule has 0 bridgehead atoms. The molecule has 0 aliphatic heterocycles. The van der Waals surface area contributed by atoms with Crippen LogP contribution in [0.2, 0.25) is 0 Å². The standard InChI is InChI=1S/C6H5BrFS/c7-9(8)6-4-2-1-3-5-6/h1-5H/q+1. The monoisotopic (exact) mass is 207 g/mol. The molecule has 1 atom stereocenters. The minimum atomic E-state index is -1.27. The van der Waals surface area contributed by atoms with E-state index in [9.17, 15) is 3.89 Å². The molecule has 9 heavy (non-hydrogen) atoms. The second-order valence-electron chi connectivity index (χ2n) is 1.53. The molecule has 0 nitrogen and oxygen atoms in total. The summed E-state index contributed by atoms with van der Waals surface area (Å²) < 4.78 is 12.4. The molecule has 0 saturated heterocycles. The van der Waals surface area contributed by atoms with Crippen LogP contribution in [0.25, 0.3) is 0 Å². The van der Waals surface area contributed by atoms with Crippen molar-refractivity contribution in [1.29, 1.82) is 0 Å². The van der Waals surface area contributed by atoms with E-state index in [0.29, 0.717) is 4.90 Å². The van der Waals surface area contributed by atoms with E-state index in [1.54, 1.807) is 12.1 Å². The van der Waals surface area contributed by atoms with Crippen LogP contribution in [0.15, 0.2) is 35.2 Å². The van der Waals surface area contributed by atoms with Crippen LogP contribution in [0, 0.1) is 0 Å². The van der Waals surface area contributed by atoms with E-state index >= 15 is 0 Å². The van der Waals surface area contributed by atoms with E-state index in [1.807, 2.05) is 18.2 Å². The fourth-order valence-corrected chi connectivity index (χ4v) is 1.53. The smallest absolute Gasteiger partial charge is 0.0619 e. The second kappa shape index (κ2) is 3.22. The number of benzene rings is 1. The third-order valence-corrected chi connectivity index (χ3v) is 2.67. The maximum Gasteiger partial charge on any atom is 0.321 e. The molecule has 0 fully saturated rings. The molecule has 3 heteroatoms. The minimum Gasteiger partial charge on any atom is -0.0619 e. The van der Waals surface area contributed by atoms with Crippen molar-refractivity contribution in [3.63, 3.8) is 0 Å². The van der Waals surface area contributed by atoms with Crippen LogP contribution < -0.4 is 0 Å². The lowest BCUT2D eigenvalue weighted by atomic mass is 10.4. The summed E-state index contributed by atoms with van der Waals surface area (Å²) in [6, 6.07) is 8.99. The molecule has 0 N–H and O–H groups in total. The van der Waals surface area contributed by atoms with Crippen LogP contribution in [0.4, 0.5) is 3.89 Å². The Labute approximate surface area is 63.9 Å². The molecule has 0 spiro atoms. The molecule has 48 valence electrons. The van der Waals surface area contributed by atoms with E-state index in [-0.39, 0.29) is 0 Å². The quantitative estimate of drug-likeness (QED) is 0.622. The van der Waals surface area contributed by atoms with Crippen molar-refractivity contribution in [2.75, 3.05) is 0 Å². The summed E-state index contributed by atoms with van der Waals surface area (Å²) in [5.41, 5.74) is 0. The van der Waals surface area contributed by atoms with Gasteiger partial charge >= 0.3 is 9.71 Å². The largest absolute Gasteiger partial charge is 0.321 e. The van der Waals surface area contributed by atoms with Crippen LogP contribution in [0.5, 0.6) is 0 Å². The van der Waals surface area contributed by atoms with Gasteiger partial charge in [-0.3, -0.25) is 0 Å². The van der Waals surface area contributed by atoms with Gasteiger partial charge in [0.2, 0.25) is 4.90 Å². The molecule has 0 heterocycles. The van der Waals surface area contributed by atoms with Gasteiger partial charge in [-0.15, -0.1) is 0 Å². The first kappa shape index (κ1) is 7.09. The van der Waals surface area contributed by atoms with Gasteiger partial charge in [-0.25, -0.2) is 0 Å². The van der Waals surface area contributed by atoms with Gasteiger partial charge in [0, 0.05) is 3.89 Å². The van der Waals surface area contributed by atoms with Crippen molar-refractivity contribution in [1.82, 2.24) is 0 Å². The summed E-state index contributed by atoms with van der Waals surface area (Å²) in [5, 5.41) is 0. The van der Waals surface area contributed by atoms with Crippen molar-refractivity contribution in [3.05, 3.63) is 30.3 Å². The van der Waals surface area contributed by atoms with Crippen LogP contribution in [-0.2, 0) is 9.71 Å². The lowest BCUT2D eigenvalue weighted by Crippen LogP contribution is -1.79. The average molecular weight is 208 g/mol. The summed E-state index contributed by atoms with van der Waals surface area (Å²) in [4.78, 5) is 0.692. The zero-order valence-corrected chi connectivity index (χ0v) is 6.95. The number of rotatable bonds is 1. The van der Waals surface area contributed by atoms with Crippen LogP contribution in [0.3, 0.4) is 0 Å². The van der Waals surface area contributed by atoms with Crippen molar-refractivity contribution in [3.8, 4) is 0 Å². The van der Waals surface area contributed by atoms with Crippen molar-refractivity contribution in [2.45, 2.75) is 4.90 Å². The predicted molar refractivity (Wildman–Crippen MR) is 42.1 cm³/mol. The van der Waals surface area contributed by atoms with Gasteiger partial charge in [0.25, 0.3) is 14.8 Å². The van der Waals surface area contributed by atoms with Crippen molar-refractivity contribution >= 4 is 24.5 Å². The zero-order valence-electron chi connectivity index (χ0n) is 4.55. The van der Waals surface area contributed by atoms with Gasteiger partial charge < -0.3 is 0 Å². The second-order valence-corrected chi connectivity index (χ2v) is 4.13. The summed E-state index contributed by atoms with van der Waals surface area (Å²) in [5.74, 6) is 0. The van der Waals surface area contributed by atoms with Crippen LogP contribution in [0.1, 0.15) is 0 Å². The van der Waals surface area contributed by atoms with E-state index < -0.39 is 9.71 Å². The Kier molecular flexibility index (Phi) is 2.54. The maximum atomic E-state index is 12.4. The topological polar surface area (TPSA) is 0 Å². The summed E-state index contributed by atoms with van der Waals surface area (Å²) in [6.07, 6.45) is 0. The Morgan fingerprint density at radius 1 is 1.22 bits per heavy atom. The Bertz CT molecular complexity index is 176. The van der Waals surface area contributed by atoms with Gasteiger partial charge in [-0.2, -0.15) is 0 Å². The van der Waals surface area contributed by atoms with Crippen LogP contribution in [-0.4, -0.2) is 0 Å². The molecule has 1 aromatic carbocycles. The van der Waals surface area contributed by atoms with Gasteiger partial charge in [-0.05, 0) is 12.1 Å². The summed E-state index contributed by atoms with van der Waals surface area (Å²) in [7, 11) is -1.27. The molecule has 0 amide bonds. The molecule has 0 aliphatic rings. The highest BCUT2D eigenvalue weighted by Crippen LogP contribution is 2.19. The van der Waals surface area contributed by atoms with E-state index in [0.717, 1.165) is 0 Å². The highest BCUT2D eigenvalue weighted by atomic mass is 79.9. The number of halogens is 2. The first-order valence-corrected chi connectivity index (χ1v) is 5.39. The fraction of sp³-hybridized carbons (Fsp3) is 0. The van der Waals surface area contributed by atoms with Crippen LogP contribution >= 0.6 is 14.8 Å². The molecular weight excluding hydrogens is 203 g/mol. The zero-order chi connectivity index (χ0) is 6.69. The SMILES string of the molecule is F[S+](Br)c1ccccc1. The van der Waals surface area contributed by atoms with Gasteiger partial charge in [0.1, 0.15) is 0 Å². The molecule has 1 unspecified atom stereocenters. The molecule has 1 aromatic rings. The predicted octanol–water partition coefficient (Wildman–Crippen LogP) is 2.86. The highest BCUT2D eigenvalue weighted by Gasteiger charge is 2.17. The highest BCUT2D eigenvalue weighted by molar-refractivity contribution is 9.47. The summed E-state index contributed by atoms with van der Waals surface area (Å²) >= 11 is 2.84. The van der Waals surface area contributed by atoms with E-state index in [1.165, 1.54) is 0 Å². The Morgan fingerprint density at radius 2 is 1.78 bits per heavy atom. The first-order chi connectivity index (χ1) is 4.30. The maximum absolute atomic E-state index is 12.4. The van der Waals surface area contributed by atoms with Gasteiger partial charge in [0.15, 0.2) is 0 Å². The molecular formula is C6H5BrFS+. The lowest BCUT2D eigenvalue weighted by molar-refractivity contribution is 0.923. The Morgan fingerprint density at radius 3 is 2.11 bits per heavy atom. The van der Waals surface area contributed by atoms with Crippen molar-refractivity contribution < 1.29 is 3.89 Å². The van der Waals surface area contributed by atoms with Gasteiger partial charge in [0.05, 0.1) is 0 Å². The minimum absolute atomic E-state index is 0.692. The fourth-order valence-electron chi connectivity index (χ4n) is 0.523. The first-order valence-electron chi connectivity index (χ1n) is 2.42. The third kappa shape index (κ3) is 1.99. The van der Waals surface area contributed by atoms with Crippen molar-refractivity contribution in [2.24, 2.45) is 0 Å². The van der Waals surface area contributed by atoms with Gasteiger partial charge in [-0.1, -0.05) is 18.2 Å². The Hall–Kier alpha value is -0.0200. The van der Waals surface area contributed by atoms with E-state index in [4.69, 9.17) is 0 Å². The normalized spacial score (nSPS) is 13.1. The number of hydrogen-bond donors (Lipinski definition) is 0. The molecule has 0 aromatic heterocycles. The molecule has 1 rings (SSSR count). The summed E-state index contributed by atoms with van der Waals surface area (Å²) in [6.45, 7) is 0. The lowest BCUT2D eigenvalue weighted by Gasteiger charge is -1.82.